The minimum absolute atomic E-state index is 0.105. The molecule has 158 valence electrons. The van der Waals surface area contributed by atoms with Crippen LogP contribution < -0.4 is 5.32 Å². The molecule has 1 unspecified atom stereocenters. The van der Waals surface area contributed by atoms with Crippen LogP contribution in [0.2, 0.25) is 0 Å². The third kappa shape index (κ3) is 4.12. The van der Waals surface area contributed by atoms with Crippen molar-refractivity contribution in [2.24, 2.45) is 11.8 Å². The molecule has 1 atom stereocenters. The van der Waals surface area contributed by atoms with Crippen LogP contribution in [-0.4, -0.2) is 44.7 Å². The molecule has 0 aromatic carbocycles. The molecule has 3 heterocycles. The highest BCUT2D eigenvalue weighted by atomic mass is 16.2. The average Bonchev–Trinajstić information content (AvgIpc) is 3.18. The Morgan fingerprint density at radius 2 is 1.90 bits per heavy atom. The molecule has 1 aliphatic carbocycles. The van der Waals surface area contributed by atoms with Crippen LogP contribution >= 0.6 is 0 Å². The normalized spacial score (nSPS) is 20.2. The highest BCUT2D eigenvalue weighted by Gasteiger charge is 2.27. The number of nitrogens with one attached hydrogen (secondary N) is 1. The summed E-state index contributed by atoms with van der Waals surface area (Å²) in [6.07, 6.45) is 12.3. The van der Waals surface area contributed by atoms with E-state index in [4.69, 9.17) is 0 Å². The molecule has 2 aliphatic rings. The van der Waals surface area contributed by atoms with Crippen molar-refractivity contribution in [2.45, 2.75) is 78.3 Å². The molecule has 2 fully saturated rings. The lowest BCUT2D eigenvalue weighted by Crippen LogP contribution is -2.38. The Morgan fingerprint density at radius 3 is 2.59 bits per heavy atom. The van der Waals surface area contributed by atoms with Crippen LogP contribution in [0.15, 0.2) is 12.4 Å². The number of piperidine rings is 1. The second-order valence-corrected chi connectivity index (χ2v) is 9.05. The summed E-state index contributed by atoms with van der Waals surface area (Å²) in [5.41, 5.74) is 2.48. The Kier molecular flexibility index (Phi) is 6.07. The molecule has 6 heteroatoms. The van der Waals surface area contributed by atoms with Gasteiger partial charge in [0.2, 0.25) is 0 Å². The highest BCUT2D eigenvalue weighted by Crippen LogP contribution is 2.33. The quantitative estimate of drug-likeness (QED) is 0.794. The van der Waals surface area contributed by atoms with Gasteiger partial charge in [0, 0.05) is 31.9 Å². The van der Waals surface area contributed by atoms with Gasteiger partial charge in [0.25, 0.3) is 5.91 Å². The number of aryl methyl sites for hydroxylation is 1. The van der Waals surface area contributed by atoms with Crippen LogP contribution in [0, 0.1) is 11.8 Å². The van der Waals surface area contributed by atoms with Crippen LogP contribution in [0.4, 0.5) is 5.69 Å². The summed E-state index contributed by atoms with van der Waals surface area (Å²) >= 11 is 0. The number of anilines is 1. The van der Waals surface area contributed by atoms with Gasteiger partial charge in [-0.2, -0.15) is 5.10 Å². The zero-order valence-corrected chi connectivity index (χ0v) is 18.2. The molecule has 29 heavy (non-hydrogen) atoms. The molecule has 1 N–H and O–H groups in total. The smallest absolute Gasteiger partial charge is 0.257 e. The van der Waals surface area contributed by atoms with E-state index >= 15 is 0 Å². The fourth-order valence-corrected chi connectivity index (χ4v) is 4.94. The number of hydrogen-bond donors (Lipinski definition) is 1. The summed E-state index contributed by atoms with van der Waals surface area (Å²) in [6, 6.07) is 0.332. The number of pyridine rings is 1. The van der Waals surface area contributed by atoms with E-state index in [0.29, 0.717) is 23.4 Å². The van der Waals surface area contributed by atoms with E-state index in [-0.39, 0.29) is 5.91 Å². The number of likely N-dealkylation sites (tertiary alicyclic amines) is 1. The Morgan fingerprint density at radius 1 is 1.17 bits per heavy atom. The lowest BCUT2D eigenvalue weighted by molar-refractivity contribution is 0.0698. The van der Waals surface area contributed by atoms with Gasteiger partial charge in [-0.15, -0.1) is 0 Å². The monoisotopic (exact) mass is 397 g/mol. The van der Waals surface area contributed by atoms with Crippen molar-refractivity contribution in [2.75, 3.05) is 18.4 Å². The summed E-state index contributed by atoms with van der Waals surface area (Å²) in [5.74, 6) is 1.47. The third-order valence-corrected chi connectivity index (χ3v) is 7.00. The zero-order chi connectivity index (χ0) is 20.4. The minimum atomic E-state index is 0.105. The van der Waals surface area contributed by atoms with Gasteiger partial charge >= 0.3 is 0 Å². The molecule has 6 nitrogen and oxygen atoms in total. The summed E-state index contributed by atoms with van der Waals surface area (Å²) in [4.78, 5) is 20.1. The number of fused-ring (bicyclic) bond motifs is 1. The second kappa shape index (κ2) is 8.72. The van der Waals surface area contributed by atoms with E-state index in [2.05, 4.69) is 36.2 Å². The van der Waals surface area contributed by atoms with Gasteiger partial charge in [0.05, 0.1) is 22.8 Å². The fourth-order valence-electron chi connectivity index (χ4n) is 4.94. The molecule has 1 saturated carbocycles. The summed E-state index contributed by atoms with van der Waals surface area (Å²) in [6.45, 7) is 9.05. The first kappa shape index (κ1) is 20.2. The Bertz CT molecular complexity index is 846. The maximum absolute atomic E-state index is 13.4. The first-order chi connectivity index (χ1) is 14.1. The molecule has 0 spiro atoms. The van der Waals surface area contributed by atoms with Crippen molar-refractivity contribution in [1.82, 2.24) is 19.7 Å². The lowest BCUT2D eigenvalue weighted by atomic mass is 9.84. The fraction of sp³-hybridized carbons (Fsp3) is 0.696. The topological polar surface area (TPSA) is 63.1 Å². The first-order valence-electron chi connectivity index (χ1n) is 11.5. The SMILES string of the molecule is CCn1ncc2c(NC(C)C3CCCCC3)c(C(=O)N3CCC(C)CC3)cnc21. The van der Waals surface area contributed by atoms with Gasteiger partial charge in [0.15, 0.2) is 5.65 Å². The molecule has 1 amide bonds. The lowest BCUT2D eigenvalue weighted by Gasteiger charge is -2.32. The van der Waals surface area contributed by atoms with Gasteiger partial charge in [-0.25, -0.2) is 9.67 Å². The molecule has 2 aromatic heterocycles. The molecule has 1 aliphatic heterocycles. The zero-order valence-electron chi connectivity index (χ0n) is 18.2. The van der Waals surface area contributed by atoms with Gasteiger partial charge in [0.1, 0.15) is 0 Å². The van der Waals surface area contributed by atoms with E-state index in [1.165, 1.54) is 32.1 Å². The maximum Gasteiger partial charge on any atom is 0.257 e. The predicted molar refractivity (Wildman–Crippen MR) is 117 cm³/mol. The number of amides is 1. The number of carbonyl (C=O) groups excluding carboxylic acids is 1. The van der Waals surface area contributed by atoms with Gasteiger partial charge < -0.3 is 10.2 Å². The van der Waals surface area contributed by atoms with Crippen molar-refractivity contribution in [1.29, 1.82) is 0 Å². The molecule has 1 saturated heterocycles. The highest BCUT2D eigenvalue weighted by molar-refractivity contribution is 6.06. The third-order valence-electron chi connectivity index (χ3n) is 7.00. The number of nitrogens with zero attached hydrogens (tertiary/aromatic N) is 4. The molecule has 4 rings (SSSR count). The van der Waals surface area contributed by atoms with E-state index < -0.39 is 0 Å². The predicted octanol–water partition coefficient (Wildman–Crippen LogP) is 4.70. The van der Waals surface area contributed by atoms with Crippen molar-refractivity contribution in [3.05, 3.63) is 18.0 Å². The van der Waals surface area contributed by atoms with E-state index in [9.17, 15) is 4.79 Å². The van der Waals surface area contributed by atoms with Crippen LogP contribution in [0.1, 0.15) is 76.1 Å². The largest absolute Gasteiger partial charge is 0.381 e. The molecular weight excluding hydrogens is 362 g/mol. The standard InChI is InChI=1S/C23H35N5O/c1-4-28-22-19(15-25-28)21(26-17(3)18-8-6-5-7-9-18)20(14-24-22)23(29)27-12-10-16(2)11-13-27/h14-18H,4-13H2,1-3H3,(H,24,26). The van der Waals surface area contributed by atoms with E-state index in [1.807, 2.05) is 15.8 Å². The average molecular weight is 398 g/mol. The van der Waals surface area contributed by atoms with E-state index in [0.717, 1.165) is 49.2 Å². The summed E-state index contributed by atoms with van der Waals surface area (Å²) in [5, 5.41) is 9.22. The van der Waals surface area contributed by atoms with E-state index in [1.54, 1.807) is 6.20 Å². The van der Waals surface area contributed by atoms with Crippen molar-refractivity contribution in [3.63, 3.8) is 0 Å². The summed E-state index contributed by atoms with van der Waals surface area (Å²) < 4.78 is 1.91. The number of aromatic nitrogens is 3. The Balaban J connectivity index is 1.67. The van der Waals surface area contributed by atoms with Crippen molar-refractivity contribution < 1.29 is 4.79 Å². The molecule has 0 bridgehead atoms. The maximum atomic E-state index is 13.4. The molecular formula is C23H35N5O. The van der Waals surface area contributed by atoms with Gasteiger partial charge in [-0.1, -0.05) is 26.2 Å². The number of carbonyl (C=O) groups is 1. The Hall–Kier alpha value is -2.11. The van der Waals surface area contributed by atoms with Crippen LogP contribution in [0.5, 0.6) is 0 Å². The second-order valence-electron chi connectivity index (χ2n) is 9.05. The van der Waals surface area contributed by atoms with Gasteiger partial charge in [-0.3, -0.25) is 4.79 Å². The molecule has 2 aromatic rings. The van der Waals surface area contributed by atoms with Crippen molar-refractivity contribution >= 4 is 22.6 Å². The van der Waals surface area contributed by atoms with Crippen LogP contribution in [-0.2, 0) is 6.54 Å². The first-order valence-corrected chi connectivity index (χ1v) is 11.5. The summed E-state index contributed by atoms with van der Waals surface area (Å²) in [7, 11) is 0. The Labute approximate surface area is 174 Å². The van der Waals surface area contributed by atoms with Gasteiger partial charge in [-0.05, 0) is 51.4 Å². The van der Waals surface area contributed by atoms with Crippen molar-refractivity contribution in [3.8, 4) is 0 Å². The minimum Gasteiger partial charge on any atom is -0.381 e. The molecule has 0 radical (unpaired) electrons. The number of rotatable bonds is 5. The number of hydrogen-bond acceptors (Lipinski definition) is 4. The van der Waals surface area contributed by atoms with Crippen LogP contribution in [0.25, 0.3) is 11.0 Å². The van der Waals surface area contributed by atoms with Crippen LogP contribution in [0.3, 0.4) is 0 Å².